The van der Waals surface area contributed by atoms with Crippen LogP contribution in [0.25, 0.3) is 11.3 Å². The maximum atomic E-state index is 11.6. The second-order valence-corrected chi connectivity index (χ2v) is 7.62. The van der Waals surface area contributed by atoms with Crippen LogP contribution in [-0.2, 0) is 16.9 Å². The summed E-state index contributed by atoms with van der Waals surface area (Å²) in [7, 11) is -1.19. The quantitative estimate of drug-likeness (QED) is 0.781. The Hall–Kier alpha value is -1.96. The third-order valence-corrected chi connectivity index (χ3v) is 5.49. The number of rotatable bonds is 3. The van der Waals surface area contributed by atoms with Crippen LogP contribution in [0.4, 0.5) is 0 Å². The Morgan fingerprint density at radius 2 is 2.10 bits per heavy atom. The van der Waals surface area contributed by atoms with E-state index in [4.69, 9.17) is 0 Å². The van der Waals surface area contributed by atoms with Crippen LogP contribution in [0.3, 0.4) is 0 Å². The Labute approximate surface area is 122 Å². The maximum absolute atomic E-state index is 11.6. The third kappa shape index (κ3) is 2.51. The highest BCUT2D eigenvalue weighted by Crippen LogP contribution is 2.28. The van der Waals surface area contributed by atoms with Gasteiger partial charge in [-0.3, -0.25) is 14.2 Å². The molecule has 112 valence electrons. The highest BCUT2D eigenvalue weighted by Gasteiger charge is 2.30. The molecule has 0 amide bonds. The highest BCUT2D eigenvalue weighted by atomic mass is 32.2. The smallest absolute Gasteiger partial charge is 0.153 e. The Morgan fingerprint density at radius 3 is 2.62 bits per heavy atom. The molecule has 21 heavy (non-hydrogen) atoms. The fourth-order valence-corrected chi connectivity index (χ4v) is 4.41. The van der Waals surface area contributed by atoms with Crippen molar-refractivity contribution in [2.75, 3.05) is 11.5 Å². The predicted octanol–water partition coefficient (Wildman–Crippen LogP) is 0.764. The average Bonchev–Trinajstić information content (AvgIpc) is 3.06. The zero-order chi connectivity index (χ0) is 15.2. The minimum absolute atomic E-state index is 0.0818. The van der Waals surface area contributed by atoms with E-state index in [1.54, 1.807) is 28.8 Å². The van der Waals surface area contributed by atoms with Gasteiger partial charge in [-0.1, -0.05) is 0 Å². The number of aryl methyl sites for hydroxylation is 2. The standard InChI is InChI=1S/C13H16N4O3S/c1-9-12(6-16(2)14-9)13-10(7-18)5-17(15-13)11-3-4-21(19,20)8-11/h5-7,11H,3-4,8H2,1-2H3. The number of carbonyl (C=O) groups excluding carboxylic acids is 1. The topological polar surface area (TPSA) is 86.8 Å². The first-order valence-electron chi connectivity index (χ1n) is 6.65. The van der Waals surface area contributed by atoms with Crippen molar-refractivity contribution in [2.45, 2.75) is 19.4 Å². The zero-order valence-corrected chi connectivity index (χ0v) is 12.7. The molecule has 1 aliphatic heterocycles. The number of sulfone groups is 1. The van der Waals surface area contributed by atoms with Gasteiger partial charge in [0.05, 0.1) is 28.8 Å². The van der Waals surface area contributed by atoms with Gasteiger partial charge in [-0.15, -0.1) is 0 Å². The van der Waals surface area contributed by atoms with Crippen LogP contribution in [-0.4, -0.2) is 45.8 Å². The van der Waals surface area contributed by atoms with Gasteiger partial charge >= 0.3 is 0 Å². The van der Waals surface area contributed by atoms with E-state index in [9.17, 15) is 13.2 Å². The minimum atomic E-state index is -2.99. The van der Waals surface area contributed by atoms with E-state index in [0.29, 0.717) is 17.7 Å². The molecule has 0 aliphatic carbocycles. The van der Waals surface area contributed by atoms with Crippen LogP contribution in [0.1, 0.15) is 28.5 Å². The van der Waals surface area contributed by atoms with Gasteiger partial charge in [-0.05, 0) is 13.3 Å². The van der Waals surface area contributed by atoms with Crippen molar-refractivity contribution in [3.8, 4) is 11.3 Å². The lowest BCUT2D eigenvalue weighted by Gasteiger charge is -2.07. The molecule has 0 bridgehead atoms. The van der Waals surface area contributed by atoms with Crippen molar-refractivity contribution in [1.82, 2.24) is 19.6 Å². The van der Waals surface area contributed by atoms with E-state index < -0.39 is 9.84 Å². The van der Waals surface area contributed by atoms with Crippen molar-refractivity contribution in [2.24, 2.45) is 7.05 Å². The van der Waals surface area contributed by atoms with Gasteiger partial charge in [0.15, 0.2) is 16.1 Å². The normalized spacial score (nSPS) is 20.8. The van der Waals surface area contributed by atoms with E-state index in [2.05, 4.69) is 10.2 Å². The molecule has 1 fully saturated rings. The molecule has 1 aliphatic rings. The molecule has 3 rings (SSSR count). The number of aldehydes is 1. The minimum Gasteiger partial charge on any atom is -0.298 e. The molecular formula is C13H16N4O3S. The molecule has 0 saturated carbocycles. The Morgan fingerprint density at radius 1 is 1.33 bits per heavy atom. The van der Waals surface area contributed by atoms with Crippen molar-refractivity contribution >= 4 is 16.1 Å². The summed E-state index contributed by atoms with van der Waals surface area (Å²) >= 11 is 0. The summed E-state index contributed by atoms with van der Waals surface area (Å²) in [4.78, 5) is 11.3. The van der Waals surface area contributed by atoms with Gasteiger partial charge in [-0.25, -0.2) is 8.42 Å². The first-order valence-corrected chi connectivity index (χ1v) is 8.47. The van der Waals surface area contributed by atoms with Gasteiger partial charge in [0.1, 0.15) is 5.69 Å². The number of nitrogens with zero attached hydrogens (tertiary/aromatic N) is 4. The molecule has 3 heterocycles. The summed E-state index contributed by atoms with van der Waals surface area (Å²) in [6, 6.07) is -0.195. The van der Waals surface area contributed by atoms with Gasteiger partial charge in [0.25, 0.3) is 0 Å². The number of hydrogen-bond acceptors (Lipinski definition) is 5. The Balaban J connectivity index is 2.03. The molecule has 2 aromatic heterocycles. The SMILES string of the molecule is Cc1nn(C)cc1-c1nn(C2CCS(=O)(=O)C2)cc1C=O. The molecule has 0 spiro atoms. The molecule has 8 heteroatoms. The van der Waals surface area contributed by atoms with E-state index >= 15 is 0 Å². The van der Waals surface area contributed by atoms with E-state index in [1.807, 2.05) is 6.92 Å². The number of carbonyl (C=O) groups is 1. The molecular weight excluding hydrogens is 292 g/mol. The largest absolute Gasteiger partial charge is 0.298 e. The van der Waals surface area contributed by atoms with Crippen LogP contribution >= 0.6 is 0 Å². The van der Waals surface area contributed by atoms with Crippen molar-refractivity contribution in [3.63, 3.8) is 0 Å². The highest BCUT2D eigenvalue weighted by molar-refractivity contribution is 7.91. The van der Waals surface area contributed by atoms with Crippen LogP contribution < -0.4 is 0 Å². The molecule has 1 unspecified atom stereocenters. The molecule has 7 nitrogen and oxygen atoms in total. The Kier molecular flexibility index (Phi) is 3.20. The summed E-state index contributed by atoms with van der Waals surface area (Å²) in [5, 5.41) is 8.69. The second kappa shape index (κ2) is 4.80. The molecule has 0 radical (unpaired) electrons. The Bertz CT molecular complexity index is 803. The lowest BCUT2D eigenvalue weighted by molar-refractivity contribution is 0.112. The fraction of sp³-hybridized carbons (Fsp3) is 0.462. The molecule has 2 aromatic rings. The van der Waals surface area contributed by atoms with Gasteiger partial charge < -0.3 is 0 Å². The van der Waals surface area contributed by atoms with E-state index in [1.165, 1.54) is 0 Å². The first-order chi connectivity index (χ1) is 9.89. The van der Waals surface area contributed by atoms with Crippen LogP contribution in [0.2, 0.25) is 0 Å². The van der Waals surface area contributed by atoms with Gasteiger partial charge in [0.2, 0.25) is 0 Å². The summed E-state index contributed by atoms with van der Waals surface area (Å²) in [6.07, 6.45) is 4.71. The predicted molar refractivity (Wildman–Crippen MR) is 76.9 cm³/mol. The second-order valence-electron chi connectivity index (χ2n) is 5.39. The summed E-state index contributed by atoms with van der Waals surface area (Å²) in [5.74, 6) is 0.258. The summed E-state index contributed by atoms with van der Waals surface area (Å²) in [5.41, 5.74) is 2.58. The van der Waals surface area contributed by atoms with Gasteiger partial charge in [-0.2, -0.15) is 10.2 Å². The third-order valence-electron chi connectivity index (χ3n) is 3.74. The van der Waals surface area contributed by atoms with Crippen LogP contribution in [0.5, 0.6) is 0 Å². The zero-order valence-electron chi connectivity index (χ0n) is 11.9. The van der Waals surface area contributed by atoms with Crippen molar-refractivity contribution < 1.29 is 13.2 Å². The number of aromatic nitrogens is 4. The molecule has 1 saturated heterocycles. The fourth-order valence-electron chi connectivity index (χ4n) is 2.70. The van der Waals surface area contributed by atoms with Crippen LogP contribution in [0.15, 0.2) is 12.4 Å². The lowest BCUT2D eigenvalue weighted by Crippen LogP contribution is -2.11. The van der Waals surface area contributed by atoms with E-state index in [0.717, 1.165) is 17.5 Å². The van der Waals surface area contributed by atoms with Crippen molar-refractivity contribution in [3.05, 3.63) is 23.7 Å². The lowest BCUT2D eigenvalue weighted by atomic mass is 10.1. The maximum Gasteiger partial charge on any atom is 0.153 e. The molecule has 0 N–H and O–H groups in total. The van der Waals surface area contributed by atoms with E-state index in [-0.39, 0.29) is 17.5 Å². The van der Waals surface area contributed by atoms with Crippen molar-refractivity contribution in [1.29, 1.82) is 0 Å². The van der Waals surface area contributed by atoms with Gasteiger partial charge in [0, 0.05) is 25.0 Å². The molecule has 0 aromatic carbocycles. The number of hydrogen-bond donors (Lipinski definition) is 0. The average molecular weight is 308 g/mol. The monoisotopic (exact) mass is 308 g/mol. The van der Waals surface area contributed by atoms with Crippen LogP contribution in [0, 0.1) is 6.92 Å². The summed E-state index contributed by atoms with van der Waals surface area (Å²) < 4.78 is 26.4. The molecule has 1 atom stereocenters. The summed E-state index contributed by atoms with van der Waals surface area (Å²) in [6.45, 7) is 1.85. The first kappa shape index (κ1) is 14.0.